The predicted octanol–water partition coefficient (Wildman–Crippen LogP) is 27.7. The fourth-order valence-corrected chi connectivity index (χ4v) is 13.4. The van der Waals surface area contributed by atoms with Crippen LogP contribution in [0.4, 0.5) is 0 Å². The molecule has 0 radical (unpaired) electrons. The highest BCUT2D eigenvalue weighted by molar-refractivity contribution is 7.47. The number of ether oxygens (including phenoxy) is 3. The number of carbonyl (C=O) groups is 3. The summed E-state index contributed by atoms with van der Waals surface area (Å²) in [6.45, 7) is 2.43. The molecule has 0 aliphatic heterocycles. The summed E-state index contributed by atoms with van der Waals surface area (Å²) < 4.78 is 61.5. The SMILES string of the molecule is CC/C=C\C/C=C\C/C=C\C/C=C\C/C=C\C/C=C\CCCCCCCCC(=O)OCC(COP(=O)(O)OCC(O)COP(=O)(O)OCC(O)COC(=O)CCCCCCCCCCCCCCC/C=C\C/C=C\C/C=C\C/C=C\CCCCC)OC(=O)CCCCCCCCCCC/C=C\C/C=C\C/C=C\C/C=C\C/C=C\CC. The van der Waals surface area contributed by atoms with E-state index in [-0.39, 0.29) is 19.3 Å². The van der Waals surface area contributed by atoms with Gasteiger partial charge in [0, 0.05) is 19.3 Å². The molecule has 0 heterocycles. The molecule has 0 aliphatic carbocycles. The van der Waals surface area contributed by atoms with Crippen molar-refractivity contribution in [2.45, 2.75) is 373 Å². The number of phosphoric ester groups is 2. The molecule has 16 nitrogen and oxygen atoms in total. The number of allylic oxidation sites excluding steroid dienone is 30. The van der Waals surface area contributed by atoms with Crippen LogP contribution in [0.25, 0.3) is 0 Å². The Morgan fingerprint density at radius 1 is 0.252 bits per heavy atom. The number of hydrogen-bond donors (Lipinski definition) is 4. The van der Waals surface area contributed by atoms with E-state index in [0.717, 1.165) is 193 Å². The number of aliphatic hydroxyl groups excluding tert-OH is 2. The highest BCUT2D eigenvalue weighted by atomic mass is 31.2. The van der Waals surface area contributed by atoms with Crippen LogP contribution in [0.5, 0.6) is 0 Å². The van der Waals surface area contributed by atoms with Crippen molar-refractivity contribution in [2.24, 2.45) is 0 Å². The van der Waals surface area contributed by atoms with Gasteiger partial charge in [-0.1, -0.05) is 357 Å². The second-order valence-corrected chi connectivity index (χ2v) is 32.5. The maximum atomic E-state index is 13.1. The molecule has 18 heteroatoms. The molecule has 0 saturated carbocycles. The Morgan fingerprint density at radius 2 is 0.461 bits per heavy atom. The van der Waals surface area contributed by atoms with Gasteiger partial charge in [-0.25, -0.2) is 9.13 Å². The number of carbonyl (C=O) groups excluding carboxylic acids is 3. The third kappa shape index (κ3) is 89.3. The Balaban J connectivity index is 4.68. The molecule has 0 aromatic carbocycles. The maximum absolute atomic E-state index is 13.1. The molecule has 0 rings (SSSR count). The quantitative estimate of drug-likeness (QED) is 0.0146. The minimum Gasteiger partial charge on any atom is -0.463 e. The summed E-state index contributed by atoms with van der Waals surface area (Å²) >= 11 is 0. The van der Waals surface area contributed by atoms with E-state index < -0.39 is 91.5 Å². The van der Waals surface area contributed by atoms with Gasteiger partial charge in [0.2, 0.25) is 0 Å². The van der Waals surface area contributed by atoms with Gasteiger partial charge in [-0.3, -0.25) is 32.5 Å². The van der Waals surface area contributed by atoms with Crippen LogP contribution in [0.15, 0.2) is 182 Å². The van der Waals surface area contributed by atoms with Crippen LogP contribution >= 0.6 is 15.6 Å². The van der Waals surface area contributed by atoms with Crippen molar-refractivity contribution < 1.29 is 75.8 Å². The van der Waals surface area contributed by atoms with Crippen molar-refractivity contribution in [3.8, 4) is 0 Å². The highest BCUT2D eigenvalue weighted by Crippen LogP contribution is 2.45. The van der Waals surface area contributed by atoms with Crippen molar-refractivity contribution in [3.05, 3.63) is 182 Å². The molecule has 0 fully saturated rings. The number of phosphoric acid groups is 2. The van der Waals surface area contributed by atoms with E-state index in [4.69, 9.17) is 32.3 Å². The number of hydrogen-bond acceptors (Lipinski definition) is 14. The zero-order chi connectivity index (χ0) is 83.6. The third-order valence-corrected chi connectivity index (χ3v) is 20.5. The summed E-state index contributed by atoms with van der Waals surface area (Å²) in [6.07, 6.45) is 115. The molecule has 5 unspecified atom stereocenters. The molecule has 0 aliphatic rings. The Morgan fingerprint density at radius 3 is 0.730 bits per heavy atom. The first-order valence-electron chi connectivity index (χ1n) is 45.1. The molecule has 0 aromatic heterocycles. The molecule has 0 amide bonds. The van der Waals surface area contributed by atoms with Crippen LogP contribution in [0.2, 0.25) is 0 Å². The predicted molar refractivity (Wildman–Crippen MR) is 481 cm³/mol. The van der Waals surface area contributed by atoms with E-state index in [1.807, 2.05) is 0 Å². The van der Waals surface area contributed by atoms with Gasteiger partial charge in [0.1, 0.15) is 25.4 Å². The normalized spacial score (nSPS) is 14.7. The average Bonchev–Trinajstić information content (AvgIpc) is 0.926. The van der Waals surface area contributed by atoms with Gasteiger partial charge in [0.25, 0.3) is 0 Å². The van der Waals surface area contributed by atoms with Gasteiger partial charge in [-0.15, -0.1) is 0 Å². The van der Waals surface area contributed by atoms with Crippen molar-refractivity contribution in [1.29, 1.82) is 0 Å². The van der Waals surface area contributed by atoms with E-state index in [0.29, 0.717) is 19.3 Å². The molecule has 0 saturated heterocycles. The van der Waals surface area contributed by atoms with Crippen LogP contribution in [0, 0.1) is 0 Å². The topological polar surface area (TPSA) is 231 Å². The van der Waals surface area contributed by atoms with E-state index in [1.165, 1.54) is 103 Å². The third-order valence-electron chi connectivity index (χ3n) is 18.6. The van der Waals surface area contributed by atoms with Crippen molar-refractivity contribution in [3.63, 3.8) is 0 Å². The Bertz CT molecular complexity index is 2820. The minimum atomic E-state index is -4.95. The van der Waals surface area contributed by atoms with Crippen LogP contribution in [0.3, 0.4) is 0 Å². The maximum Gasteiger partial charge on any atom is 0.472 e. The summed E-state index contributed by atoms with van der Waals surface area (Å²) in [7, 11) is -9.82. The fraction of sp³-hybridized carbons (Fsp3) is 0.660. The van der Waals surface area contributed by atoms with Crippen molar-refractivity contribution in [1.82, 2.24) is 0 Å². The highest BCUT2D eigenvalue weighted by Gasteiger charge is 2.29. The molecule has 656 valence electrons. The van der Waals surface area contributed by atoms with Gasteiger partial charge < -0.3 is 34.2 Å². The first-order chi connectivity index (χ1) is 56.2. The number of esters is 3. The lowest BCUT2D eigenvalue weighted by Crippen LogP contribution is -2.30. The summed E-state index contributed by atoms with van der Waals surface area (Å²) in [4.78, 5) is 59.0. The zero-order valence-corrected chi connectivity index (χ0v) is 73.9. The molecule has 5 atom stereocenters. The van der Waals surface area contributed by atoms with Crippen molar-refractivity contribution >= 4 is 33.6 Å². The van der Waals surface area contributed by atoms with Gasteiger partial charge in [-0.2, -0.15) is 0 Å². The van der Waals surface area contributed by atoms with Gasteiger partial charge in [-0.05, 0) is 161 Å². The monoisotopic (exact) mass is 1650 g/mol. The molecule has 4 N–H and O–H groups in total. The van der Waals surface area contributed by atoms with E-state index >= 15 is 0 Å². The first-order valence-corrected chi connectivity index (χ1v) is 48.1. The largest absolute Gasteiger partial charge is 0.472 e. The first kappa shape index (κ1) is 110. The van der Waals surface area contributed by atoms with E-state index in [1.54, 1.807) is 0 Å². The number of unbranched alkanes of at least 4 members (excludes halogenated alkanes) is 31. The number of rotatable bonds is 84. The van der Waals surface area contributed by atoms with Gasteiger partial charge in [0.15, 0.2) is 6.10 Å². The Kier molecular flexibility index (Phi) is 83.9. The summed E-state index contributed by atoms with van der Waals surface area (Å²) in [5.41, 5.74) is 0. The van der Waals surface area contributed by atoms with E-state index in [2.05, 4.69) is 203 Å². The molecule has 0 bridgehead atoms. The lowest BCUT2D eigenvalue weighted by atomic mass is 10.0. The van der Waals surface area contributed by atoms with E-state index in [9.17, 15) is 43.5 Å². The second kappa shape index (κ2) is 87.9. The average molecular weight is 1650 g/mol. The van der Waals surface area contributed by atoms with Crippen molar-refractivity contribution in [2.75, 3.05) is 39.6 Å². The van der Waals surface area contributed by atoms with Gasteiger partial charge in [0.05, 0.1) is 26.4 Å². The van der Waals surface area contributed by atoms with Crippen LogP contribution in [-0.4, -0.2) is 95.9 Å². The van der Waals surface area contributed by atoms with Crippen LogP contribution < -0.4 is 0 Å². The molecular formula is C97H162O16P2. The molecule has 0 aromatic rings. The molecular weight excluding hydrogens is 1480 g/mol. The summed E-state index contributed by atoms with van der Waals surface area (Å²) in [5, 5.41) is 20.7. The molecule has 115 heavy (non-hydrogen) atoms. The summed E-state index contributed by atoms with van der Waals surface area (Å²) in [5.74, 6) is -1.60. The Labute approximate surface area is 700 Å². The fourth-order valence-electron chi connectivity index (χ4n) is 11.8. The Hall–Kier alpha value is -5.35. The minimum absolute atomic E-state index is 0.0865. The standard InChI is InChI=1S/C97H162O16P2/c1-4-7-10-13-16-19-22-25-28-31-34-37-40-43-44-45-46-49-51-53-56-59-62-65-68-71-74-77-80-83-95(100)107-86-92(98)87-109-114(103,104)110-88-93(99)89-111-115(105,106)112-91-94(113-97(102)85-82-79-76-73-70-67-64-61-58-55-52-48-42-39-36-33-30-27-24-21-18-15-12-9-6-3)90-108-96(101)84-81-78-75-72-69-66-63-60-57-54-50-47-41-38-35-32-29-26-23-20-17-14-11-8-5-2/h8-9,11-12,16-21,25-30,34-39,43-44,47-48,50,52,57,60,92-94,98-99H,4-7,10,13-15,22-24,31-33,40-42,45-46,49,51,53-56,58-59,61-91H2,1-3H3,(H,103,104)(H,105,106)/b11-8-,12-9-,19-16-,20-17-,21-18-,28-25-,29-26-,30-27-,37-34-,38-35-,39-36-,44-43-,50-47-,52-48-,60-57-. The smallest absolute Gasteiger partial charge is 0.463 e. The zero-order valence-electron chi connectivity index (χ0n) is 72.1. The second-order valence-electron chi connectivity index (χ2n) is 29.6. The number of aliphatic hydroxyl groups is 2. The van der Waals surface area contributed by atoms with Gasteiger partial charge >= 0.3 is 33.6 Å². The molecule has 0 spiro atoms. The van der Waals surface area contributed by atoms with Crippen LogP contribution in [0.1, 0.15) is 355 Å². The lowest BCUT2D eigenvalue weighted by Gasteiger charge is -2.21. The lowest BCUT2D eigenvalue weighted by molar-refractivity contribution is -0.161. The summed E-state index contributed by atoms with van der Waals surface area (Å²) in [6, 6.07) is 0. The van der Waals surface area contributed by atoms with Crippen LogP contribution in [-0.2, 0) is 55.8 Å².